The zero-order chi connectivity index (χ0) is 15.0. The molecule has 108 valence electrons. The van der Waals surface area contributed by atoms with Crippen LogP contribution in [0, 0.1) is 0 Å². The molecule has 2 amide bonds. The van der Waals surface area contributed by atoms with Crippen LogP contribution >= 0.6 is 34.8 Å². The zero-order valence-corrected chi connectivity index (χ0v) is 13.2. The van der Waals surface area contributed by atoms with E-state index in [0.29, 0.717) is 17.1 Å². The number of anilines is 1. The summed E-state index contributed by atoms with van der Waals surface area (Å²) in [6.45, 7) is 3.46. The third-order valence-corrected chi connectivity index (χ3v) is 4.30. The standard InChI is InChI=1S/C13H13Cl3N2O2/c1-3-10-13(20)18(6(2)12(19)17-10)11-5-8(15)7(14)4-9(11)16/h4-6,10H,3H2,1-2H3,(H,17,19). The molecule has 0 radical (unpaired) electrons. The molecular weight excluding hydrogens is 323 g/mol. The lowest BCUT2D eigenvalue weighted by molar-refractivity contribution is -0.133. The summed E-state index contributed by atoms with van der Waals surface area (Å²) in [5, 5.41) is 3.54. The largest absolute Gasteiger partial charge is 0.343 e. The highest BCUT2D eigenvalue weighted by molar-refractivity contribution is 6.44. The Kier molecular flexibility index (Phi) is 4.47. The van der Waals surface area contributed by atoms with Gasteiger partial charge in [0, 0.05) is 0 Å². The first-order valence-electron chi connectivity index (χ1n) is 6.14. The summed E-state index contributed by atoms with van der Waals surface area (Å²) in [5.74, 6) is -0.432. The van der Waals surface area contributed by atoms with Crippen LogP contribution < -0.4 is 10.2 Å². The van der Waals surface area contributed by atoms with Crippen LogP contribution in [-0.2, 0) is 9.59 Å². The lowest BCUT2D eigenvalue weighted by Crippen LogP contribution is -2.62. The molecule has 2 atom stereocenters. The van der Waals surface area contributed by atoms with Crippen molar-refractivity contribution >= 4 is 52.3 Å². The lowest BCUT2D eigenvalue weighted by atomic mass is 10.1. The van der Waals surface area contributed by atoms with Gasteiger partial charge >= 0.3 is 0 Å². The second kappa shape index (κ2) is 5.80. The number of nitrogens with zero attached hydrogens (tertiary/aromatic N) is 1. The minimum Gasteiger partial charge on any atom is -0.343 e. The minimum atomic E-state index is -0.653. The molecule has 2 rings (SSSR count). The van der Waals surface area contributed by atoms with Crippen LogP contribution in [0.25, 0.3) is 0 Å². The van der Waals surface area contributed by atoms with E-state index in [0.717, 1.165) is 0 Å². The van der Waals surface area contributed by atoms with Crippen LogP contribution in [0.4, 0.5) is 5.69 Å². The Morgan fingerprint density at radius 3 is 2.35 bits per heavy atom. The number of nitrogens with one attached hydrogen (secondary N) is 1. The molecule has 0 saturated carbocycles. The number of halogens is 3. The summed E-state index contributed by atoms with van der Waals surface area (Å²) in [6.07, 6.45) is 0.507. The maximum Gasteiger partial charge on any atom is 0.250 e. The first-order chi connectivity index (χ1) is 9.36. The van der Waals surface area contributed by atoms with Gasteiger partial charge in [0.15, 0.2) is 0 Å². The van der Waals surface area contributed by atoms with Crippen LogP contribution in [-0.4, -0.2) is 23.9 Å². The van der Waals surface area contributed by atoms with E-state index in [1.165, 1.54) is 17.0 Å². The van der Waals surface area contributed by atoms with Crippen molar-refractivity contribution in [3.63, 3.8) is 0 Å². The fraction of sp³-hybridized carbons (Fsp3) is 0.385. The summed E-state index contributed by atoms with van der Waals surface area (Å²) in [4.78, 5) is 25.8. The summed E-state index contributed by atoms with van der Waals surface area (Å²) < 4.78 is 0. The maximum atomic E-state index is 12.4. The molecule has 1 aliphatic heterocycles. The highest BCUT2D eigenvalue weighted by atomic mass is 35.5. The van der Waals surface area contributed by atoms with Crippen molar-refractivity contribution in [2.75, 3.05) is 4.90 Å². The fourth-order valence-electron chi connectivity index (χ4n) is 2.13. The Balaban J connectivity index is 2.51. The molecule has 20 heavy (non-hydrogen) atoms. The third-order valence-electron chi connectivity index (χ3n) is 3.28. The molecule has 1 aliphatic rings. The number of piperazine rings is 1. The SMILES string of the molecule is CCC1NC(=O)C(C)N(c2cc(Cl)c(Cl)cc2Cl)C1=O. The molecule has 1 fully saturated rings. The van der Waals surface area contributed by atoms with Crippen LogP contribution in [0.3, 0.4) is 0 Å². The topological polar surface area (TPSA) is 49.4 Å². The summed E-state index contributed by atoms with van der Waals surface area (Å²) in [6, 6.07) is 1.77. The molecule has 0 aliphatic carbocycles. The number of carbonyl (C=O) groups is 2. The molecule has 1 aromatic rings. The van der Waals surface area contributed by atoms with E-state index in [2.05, 4.69) is 5.32 Å². The minimum absolute atomic E-state index is 0.208. The van der Waals surface area contributed by atoms with E-state index in [4.69, 9.17) is 34.8 Å². The summed E-state index contributed by atoms with van der Waals surface area (Å²) >= 11 is 18.0. The number of hydrogen-bond acceptors (Lipinski definition) is 2. The van der Waals surface area contributed by atoms with Crippen molar-refractivity contribution < 1.29 is 9.59 Å². The van der Waals surface area contributed by atoms with Gasteiger partial charge in [-0.3, -0.25) is 14.5 Å². The summed E-state index contributed by atoms with van der Waals surface area (Å²) in [7, 11) is 0. The number of rotatable bonds is 2. The van der Waals surface area contributed by atoms with Crippen molar-refractivity contribution in [3.05, 3.63) is 27.2 Å². The molecule has 0 bridgehead atoms. The average molecular weight is 336 g/mol. The first kappa shape index (κ1) is 15.4. The molecule has 0 aromatic heterocycles. The van der Waals surface area contributed by atoms with Gasteiger partial charge in [-0.15, -0.1) is 0 Å². The fourth-order valence-corrected chi connectivity index (χ4v) is 2.76. The van der Waals surface area contributed by atoms with Crippen molar-refractivity contribution in [1.82, 2.24) is 5.32 Å². The van der Waals surface area contributed by atoms with Gasteiger partial charge in [0.25, 0.3) is 0 Å². The van der Waals surface area contributed by atoms with Crippen molar-refractivity contribution in [3.8, 4) is 0 Å². The van der Waals surface area contributed by atoms with Gasteiger partial charge in [-0.25, -0.2) is 0 Å². The first-order valence-corrected chi connectivity index (χ1v) is 7.28. The Morgan fingerprint density at radius 2 is 1.75 bits per heavy atom. The molecule has 2 unspecified atom stereocenters. The predicted molar refractivity (Wildman–Crippen MR) is 80.6 cm³/mol. The zero-order valence-electron chi connectivity index (χ0n) is 10.9. The van der Waals surface area contributed by atoms with Gasteiger partial charge in [-0.05, 0) is 25.5 Å². The highest BCUT2D eigenvalue weighted by Gasteiger charge is 2.39. The maximum absolute atomic E-state index is 12.4. The molecular formula is C13H13Cl3N2O2. The van der Waals surface area contributed by atoms with Gasteiger partial charge in [-0.2, -0.15) is 0 Å². The summed E-state index contributed by atoms with van der Waals surface area (Å²) in [5.41, 5.74) is 0.395. The van der Waals surface area contributed by atoms with Crippen LogP contribution in [0.2, 0.25) is 15.1 Å². The average Bonchev–Trinajstić information content (AvgIpc) is 2.40. The van der Waals surface area contributed by atoms with E-state index in [-0.39, 0.29) is 21.9 Å². The molecule has 0 spiro atoms. The lowest BCUT2D eigenvalue weighted by Gasteiger charge is -2.37. The monoisotopic (exact) mass is 334 g/mol. The number of carbonyl (C=O) groups excluding carboxylic acids is 2. The molecule has 1 aromatic carbocycles. The van der Waals surface area contributed by atoms with Gasteiger partial charge in [-0.1, -0.05) is 41.7 Å². The van der Waals surface area contributed by atoms with Crippen LogP contribution in [0.5, 0.6) is 0 Å². The van der Waals surface area contributed by atoms with E-state index < -0.39 is 12.1 Å². The number of hydrogen-bond donors (Lipinski definition) is 1. The second-order valence-electron chi connectivity index (χ2n) is 4.57. The highest BCUT2D eigenvalue weighted by Crippen LogP contribution is 2.36. The van der Waals surface area contributed by atoms with E-state index in [9.17, 15) is 9.59 Å². The molecule has 1 heterocycles. The smallest absolute Gasteiger partial charge is 0.250 e. The van der Waals surface area contributed by atoms with Gasteiger partial charge in [0.05, 0.1) is 20.8 Å². The van der Waals surface area contributed by atoms with Gasteiger partial charge in [0.1, 0.15) is 12.1 Å². The quantitative estimate of drug-likeness (QED) is 0.843. The van der Waals surface area contributed by atoms with Gasteiger partial charge < -0.3 is 5.32 Å². The third kappa shape index (κ3) is 2.60. The van der Waals surface area contributed by atoms with Crippen LogP contribution in [0.15, 0.2) is 12.1 Å². The predicted octanol–water partition coefficient (Wildman–Crippen LogP) is 3.28. The van der Waals surface area contributed by atoms with E-state index in [1.807, 2.05) is 6.92 Å². The Bertz CT molecular complexity index is 577. The Hall–Kier alpha value is -0.970. The number of benzene rings is 1. The molecule has 4 nitrogen and oxygen atoms in total. The van der Waals surface area contributed by atoms with Gasteiger partial charge in [0.2, 0.25) is 11.8 Å². The molecule has 1 saturated heterocycles. The molecule has 7 heteroatoms. The number of amides is 2. The Labute approximate surface area is 132 Å². The van der Waals surface area contributed by atoms with Crippen LogP contribution in [0.1, 0.15) is 20.3 Å². The van der Waals surface area contributed by atoms with Crippen molar-refractivity contribution in [2.45, 2.75) is 32.4 Å². The normalized spacial score (nSPS) is 22.9. The van der Waals surface area contributed by atoms with Crippen molar-refractivity contribution in [2.24, 2.45) is 0 Å². The van der Waals surface area contributed by atoms with Crippen molar-refractivity contribution in [1.29, 1.82) is 0 Å². The van der Waals surface area contributed by atoms with E-state index >= 15 is 0 Å². The van der Waals surface area contributed by atoms with E-state index in [1.54, 1.807) is 6.92 Å². The Morgan fingerprint density at radius 1 is 1.15 bits per heavy atom. The molecule has 1 N–H and O–H groups in total. The second-order valence-corrected chi connectivity index (χ2v) is 5.79.